The minimum atomic E-state index is -3.75. The number of hydrogen-bond acceptors (Lipinski definition) is 2. The Morgan fingerprint density at radius 1 is 0.882 bits per heavy atom. The minimum absolute atomic E-state index is 0.0974. The molecule has 0 unspecified atom stereocenters. The van der Waals surface area contributed by atoms with Crippen LogP contribution in [0.2, 0.25) is 0 Å². The highest BCUT2D eigenvalue weighted by Crippen LogP contribution is 2.06. The lowest BCUT2D eigenvalue weighted by molar-refractivity contribution is 0.479. The first kappa shape index (κ1) is 16.6. The van der Waals surface area contributed by atoms with E-state index in [4.69, 9.17) is 4.55 Å². The van der Waals surface area contributed by atoms with Crippen LogP contribution in [-0.2, 0) is 10.1 Å². The van der Waals surface area contributed by atoms with E-state index in [1.165, 1.54) is 25.7 Å². The molecule has 0 rings (SSSR count). The van der Waals surface area contributed by atoms with Gasteiger partial charge in [-0.2, -0.15) is 8.42 Å². The minimum Gasteiger partial charge on any atom is -0.286 e. The molecule has 102 valence electrons. The number of hydrogen-bond donors (Lipinski definition) is 1. The van der Waals surface area contributed by atoms with Crippen LogP contribution in [0.4, 0.5) is 0 Å². The van der Waals surface area contributed by atoms with Crippen LogP contribution in [0.3, 0.4) is 0 Å². The predicted molar refractivity (Wildman–Crippen MR) is 72.8 cm³/mol. The quantitative estimate of drug-likeness (QED) is 0.348. The number of unbranched alkanes of at least 4 members (excludes halogenated alkanes) is 7. The van der Waals surface area contributed by atoms with E-state index in [2.05, 4.69) is 19.1 Å². The van der Waals surface area contributed by atoms with Crippen molar-refractivity contribution < 1.29 is 13.0 Å². The zero-order valence-electron chi connectivity index (χ0n) is 10.9. The molecule has 0 heterocycles. The Labute approximate surface area is 106 Å². The third-order valence-electron chi connectivity index (χ3n) is 2.66. The molecule has 0 aliphatic heterocycles. The Hall–Kier alpha value is -0.350. The first-order valence-electron chi connectivity index (χ1n) is 6.66. The molecule has 0 saturated carbocycles. The van der Waals surface area contributed by atoms with Crippen molar-refractivity contribution in [1.29, 1.82) is 0 Å². The summed E-state index contributed by atoms with van der Waals surface area (Å²) in [6, 6.07) is 0. The maximum absolute atomic E-state index is 10.4. The maximum Gasteiger partial charge on any atom is 0.264 e. The Morgan fingerprint density at radius 2 is 1.41 bits per heavy atom. The van der Waals surface area contributed by atoms with E-state index in [1.807, 2.05) is 0 Å². The van der Waals surface area contributed by atoms with Crippen LogP contribution >= 0.6 is 0 Å². The Kier molecular flexibility index (Phi) is 10.6. The molecule has 1 N–H and O–H groups in total. The standard InChI is InChI=1S/C13H26O3S/c1-2-3-4-5-6-7-8-9-10-11-12-13-17(14,15)16/h6-7H,2-5,8-13H2,1H3,(H,14,15,16). The fourth-order valence-corrected chi connectivity index (χ4v) is 2.22. The molecule has 4 heteroatoms. The van der Waals surface area contributed by atoms with Crippen molar-refractivity contribution in [1.82, 2.24) is 0 Å². The predicted octanol–water partition coefficient (Wildman–Crippen LogP) is 3.96. The Balaban J connectivity index is 3.18. The zero-order valence-corrected chi connectivity index (χ0v) is 11.7. The van der Waals surface area contributed by atoms with E-state index < -0.39 is 10.1 Å². The average Bonchev–Trinajstić information content (AvgIpc) is 2.24. The summed E-state index contributed by atoms with van der Waals surface area (Å²) in [6.07, 6.45) is 14.2. The number of allylic oxidation sites excluding steroid dienone is 2. The van der Waals surface area contributed by atoms with E-state index in [1.54, 1.807) is 0 Å². The van der Waals surface area contributed by atoms with Crippen LogP contribution in [0.25, 0.3) is 0 Å². The first-order chi connectivity index (χ1) is 8.06. The van der Waals surface area contributed by atoms with E-state index in [-0.39, 0.29) is 5.75 Å². The van der Waals surface area contributed by atoms with Gasteiger partial charge < -0.3 is 0 Å². The smallest absolute Gasteiger partial charge is 0.264 e. The second kappa shape index (κ2) is 10.8. The molecular formula is C13H26O3S. The van der Waals surface area contributed by atoms with Gasteiger partial charge in [0, 0.05) is 0 Å². The highest BCUT2D eigenvalue weighted by molar-refractivity contribution is 7.85. The van der Waals surface area contributed by atoms with Crippen LogP contribution < -0.4 is 0 Å². The third kappa shape index (κ3) is 15.6. The van der Waals surface area contributed by atoms with Gasteiger partial charge in [0.25, 0.3) is 10.1 Å². The summed E-state index contributed by atoms with van der Waals surface area (Å²) in [5.41, 5.74) is 0. The Morgan fingerprint density at radius 3 is 1.94 bits per heavy atom. The molecule has 0 radical (unpaired) electrons. The van der Waals surface area contributed by atoms with Gasteiger partial charge in [0.2, 0.25) is 0 Å². The maximum atomic E-state index is 10.4. The molecule has 0 bridgehead atoms. The van der Waals surface area contributed by atoms with Crippen molar-refractivity contribution in [3.05, 3.63) is 12.2 Å². The van der Waals surface area contributed by atoms with Gasteiger partial charge in [-0.05, 0) is 32.1 Å². The van der Waals surface area contributed by atoms with Crippen LogP contribution in [-0.4, -0.2) is 18.7 Å². The van der Waals surface area contributed by atoms with Gasteiger partial charge in [-0.1, -0.05) is 44.8 Å². The van der Waals surface area contributed by atoms with Crippen LogP contribution in [0, 0.1) is 0 Å². The van der Waals surface area contributed by atoms with Gasteiger partial charge >= 0.3 is 0 Å². The molecule has 0 aromatic rings. The van der Waals surface area contributed by atoms with Gasteiger partial charge in [-0.25, -0.2) is 0 Å². The molecule has 0 aliphatic carbocycles. The summed E-state index contributed by atoms with van der Waals surface area (Å²) in [5, 5.41) is 0. The molecular weight excluding hydrogens is 236 g/mol. The molecule has 0 amide bonds. The summed E-state index contributed by atoms with van der Waals surface area (Å²) in [7, 11) is -3.75. The molecule has 0 fully saturated rings. The summed E-state index contributed by atoms with van der Waals surface area (Å²) in [6.45, 7) is 2.20. The van der Waals surface area contributed by atoms with E-state index in [0.29, 0.717) is 6.42 Å². The van der Waals surface area contributed by atoms with E-state index in [9.17, 15) is 8.42 Å². The van der Waals surface area contributed by atoms with Crippen LogP contribution in [0.1, 0.15) is 64.7 Å². The van der Waals surface area contributed by atoms with Gasteiger partial charge in [0.15, 0.2) is 0 Å². The highest BCUT2D eigenvalue weighted by atomic mass is 32.2. The lowest BCUT2D eigenvalue weighted by Crippen LogP contribution is -2.03. The Bertz CT molecular complexity index is 281. The van der Waals surface area contributed by atoms with Crippen molar-refractivity contribution in [2.45, 2.75) is 64.7 Å². The van der Waals surface area contributed by atoms with Crippen molar-refractivity contribution in [3.63, 3.8) is 0 Å². The second-order valence-corrected chi connectivity index (χ2v) is 6.03. The van der Waals surface area contributed by atoms with Crippen molar-refractivity contribution in [2.75, 3.05) is 5.75 Å². The van der Waals surface area contributed by atoms with Crippen molar-refractivity contribution in [2.24, 2.45) is 0 Å². The molecule has 0 aromatic carbocycles. The number of rotatable bonds is 11. The van der Waals surface area contributed by atoms with Crippen molar-refractivity contribution >= 4 is 10.1 Å². The second-order valence-electron chi connectivity index (χ2n) is 4.46. The molecule has 0 saturated heterocycles. The summed E-state index contributed by atoms with van der Waals surface area (Å²) in [5.74, 6) is -0.0974. The zero-order chi connectivity index (χ0) is 13.0. The average molecular weight is 262 g/mol. The van der Waals surface area contributed by atoms with Crippen LogP contribution in [0.15, 0.2) is 12.2 Å². The summed E-state index contributed by atoms with van der Waals surface area (Å²) in [4.78, 5) is 0. The molecule has 17 heavy (non-hydrogen) atoms. The fraction of sp³-hybridized carbons (Fsp3) is 0.846. The third-order valence-corrected chi connectivity index (χ3v) is 3.47. The lowest BCUT2D eigenvalue weighted by atomic mass is 10.1. The summed E-state index contributed by atoms with van der Waals surface area (Å²) < 4.78 is 29.4. The molecule has 0 spiro atoms. The van der Waals surface area contributed by atoms with Gasteiger partial charge in [-0.3, -0.25) is 4.55 Å². The summed E-state index contributed by atoms with van der Waals surface area (Å²) >= 11 is 0. The molecule has 0 atom stereocenters. The lowest BCUT2D eigenvalue weighted by Gasteiger charge is -1.98. The molecule has 0 aromatic heterocycles. The van der Waals surface area contributed by atoms with Crippen molar-refractivity contribution in [3.8, 4) is 0 Å². The molecule has 0 aliphatic rings. The fourth-order valence-electron chi connectivity index (χ4n) is 1.65. The van der Waals surface area contributed by atoms with Gasteiger partial charge in [0.05, 0.1) is 5.75 Å². The molecule has 3 nitrogen and oxygen atoms in total. The highest BCUT2D eigenvalue weighted by Gasteiger charge is 2.02. The van der Waals surface area contributed by atoms with Gasteiger partial charge in [0.1, 0.15) is 0 Å². The normalized spacial score (nSPS) is 12.4. The topological polar surface area (TPSA) is 54.4 Å². The van der Waals surface area contributed by atoms with Crippen LogP contribution in [0.5, 0.6) is 0 Å². The SMILES string of the molecule is CCCCCC=CCCCCCCS(=O)(=O)O. The van der Waals surface area contributed by atoms with E-state index >= 15 is 0 Å². The largest absolute Gasteiger partial charge is 0.286 e. The van der Waals surface area contributed by atoms with E-state index in [0.717, 1.165) is 25.7 Å². The monoisotopic (exact) mass is 262 g/mol. The first-order valence-corrected chi connectivity index (χ1v) is 8.27. The van der Waals surface area contributed by atoms with Gasteiger partial charge in [-0.15, -0.1) is 0 Å².